The maximum Gasteiger partial charge on any atom is 0.322 e. The third-order valence-electron chi connectivity index (χ3n) is 2.13. The number of aliphatic carboxylic acids is 1. The Kier molecular flexibility index (Phi) is 5.43. The number of carbonyl (C=O) groups is 2. The number of carboxylic acids is 1. The Bertz CT molecular complexity index is 360. The van der Waals surface area contributed by atoms with Crippen molar-refractivity contribution in [3.8, 4) is 0 Å². The molecular formula is C9H17NO5S. The molecule has 0 aromatic carbocycles. The zero-order chi connectivity index (χ0) is 12.9. The van der Waals surface area contributed by atoms with Crippen molar-refractivity contribution in [1.29, 1.82) is 0 Å². The molecule has 0 aromatic heterocycles. The number of rotatable bonds is 6. The highest BCUT2D eigenvalue weighted by Crippen LogP contribution is 2.14. The summed E-state index contributed by atoms with van der Waals surface area (Å²) in [5.74, 6) is -2.75. The molecule has 16 heavy (non-hydrogen) atoms. The van der Waals surface area contributed by atoms with Crippen LogP contribution in [0, 0.1) is 5.92 Å². The second-order valence-electron chi connectivity index (χ2n) is 3.79. The molecule has 6 nitrogen and oxygen atoms in total. The fourth-order valence-electron chi connectivity index (χ4n) is 1.34. The molecule has 7 heteroatoms. The van der Waals surface area contributed by atoms with Gasteiger partial charge >= 0.3 is 5.97 Å². The van der Waals surface area contributed by atoms with Crippen LogP contribution < -0.4 is 5.32 Å². The maximum atomic E-state index is 11.7. The summed E-state index contributed by atoms with van der Waals surface area (Å²) >= 11 is 0. The van der Waals surface area contributed by atoms with Crippen LogP contribution in [0.4, 0.5) is 0 Å². The lowest BCUT2D eigenvalue weighted by molar-refractivity contribution is -0.137. The first-order valence-electron chi connectivity index (χ1n) is 4.87. The van der Waals surface area contributed by atoms with Crippen molar-refractivity contribution >= 4 is 21.7 Å². The number of sulfone groups is 1. The van der Waals surface area contributed by atoms with Gasteiger partial charge in [-0.2, -0.15) is 0 Å². The first kappa shape index (κ1) is 14.9. The summed E-state index contributed by atoms with van der Waals surface area (Å²) in [6.45, 7) is 3.05. The smallest absolute Gasteiger partial charge is 0.322 e. The number of carboxylic acid groups (broad SMARTS) is 1. The van der Waals surface area contributed by atoms with Crippen molar-refractivity contribution < 1.29 is 23.1 Å². The van der Waals surface area contributed by atoms with Crippen molar-refractivity contribution in [2.24, 2.45) is 5.92 Å². The van der Waals surface area contributed by atoms with E-state index in [2.05, 4.69) is 5.32 Å². The third-order valence-corrected chi connectivity index (χ3v) is 4.42. The number of carbonyl (C=O) groups excluding carboxylic acids is 1. The number of hydrogen-bond acceptors (Lipinski definition) is 4. The second-order valence-corrected chi connectivity index (χ2v) is 6.03. The van der Waals surface area contributed by atoms with Crippen molar-refractivity contribution in [3.05, 3.63) is 0 Å². The minimum Gasteiger partial charge on any atom is -0.480 e. The molecule has 0 aliphatic rings. The predicted molar refractivity (Wildman–Crippen MR) is 58.7 cm³/mol. The molecule has 0 aliphatic heterocycles. The van der Waals surface area contributed by atoms with Crippen LogP contribution in [0.15, 0.2) is 0 Å². The van der Waals surface area contributed by atoms with E-state index in [1.807, 2.05) is 0 Å². The molecule has 0 saturated carbocycles. The number of amides is 1. The van der Waals surface area contributed by atoms with Gasteiger partial charge in [0.05, 0.1) is 5.75 Å². The zero-order valence-corrected chi connectivity index (χ0v) is 10.4. The van der Waals surface area contributed by atoms with E-state index in [0.717, 1.165) is 0 Å². The summed E-state index contributed by atoms with van der Waals surface area (Å²) in [6.07, 6.45) is -0.213. The molecule has 0 bridgehead atoms. The summed E-state index contributed by atoms with van der Waals surface area (Å²) in [6, 6.07) is 0. The SMILES string of the molecule is CNC(=O)CCS(=O)(=O)C(C(=O)O)C(C)C. The molecule has 0 radical (unpaired) electrons. The van der Waals surface area contributed by atoms with E-state index in [1.165, 1.54) is 20.9 Å². The summed E-state index contributed by atoms with van der Waals surface area (Å²) in [5.41, 5.74) is 0. The van der Waals surface area contributed by atoms with Crippen LogP contribution in [-0.4, -0.2) is 43.5 Å². The van der Waals surface area contributed by atoms with E-state index < -0.39 is 38.6 Å². The van der Waals surface area contributed by atoms with Gasteiger partial charge in [-0.3, -0.25) is 9.59 Å². The Hall–Kier alpha value is -1.11. The molecule has 0 saturated heterocycles. The van der Waals surface area contributed by atoms with Gasteiger partial charge in [-0.1, -0.05) is 13.8 Å². The van der Waals surface area contributed by atoms with Crippen LogP contribution in [0.1, 0.15) is 20.3 Å². The predicted octanol–water partition coefficient (Wildman–Crippen LogP) is -0.353. The zero-order valence-electron chi connectivity index (χ0n) is 9.56. The molecule has 94 valence electrons. The highest BCUT2D eigenvalue weighted by atomic mass is 32.2. The van der Waals surface area contributed by atoms with Gasteiger partial charge in [0.2, 0.25) is 5.91 Å². The summed E-state index contributed by atoms with van der Waals surface area (Å²) in [4.78, 5) is 21.7. The maximum absolute atomic E-state index is 11.7. The lowest BCUT2D eigenvalue weighted by Gasteiger charge is -2.16. The van der Waals surface area contributed by atoms with Crippen molar-refractivity contribution in [2.45, 2.75) is 25.5 Å². The van der Waals surface area contributed by atoms with Crippen LogP contribution in [0.3, 0.4) is 0 Å². The first-order chi connectivity index (χ1) is 7.22. The van der Waals surface area contributed by atoms with Gasteiger partial charge < -0.3 is 10.4 Å². The standard InChI is InChI=1S/C9H17NO5S/c1-6(2)8(9(12)13)16(14,15)5-4-7(11)10-3/h6,8H,4-5H2,1-3H3,(H,10,11)(H,12,13). The van der Waals surface area contributed by atoms with Crippen LogP contribution in [0.25, 0.3) is 0 Å². The van der Waals surface area contributed by atoms with Crippen molar-refractivity contribution in [1.82, 2.24) is 5.32 Å². The van der Waals surface area contributed by atoms with Crippen LogP contribution in [0.2, 0.25) is 0 Å². The van der Waals surface area contributed by atoms with Crippen LogP contribution in [0.5, 0.6) is 0 Å². The molecular weight excluding hydrogens is 234 g/mol. The molecule has 1 atom stereocenters. The van der Waals surface area contributed by atoms with Gasteiger partial charge in [0.1, 0.15) is 0 Å². The molecule has 0 aliphatic carbocycles. The first-order valence-corrected chi connectivity index (χ1v) is 6.59. The summed E-state index contributed by atoms with van der Waals surface area (Å²) in [7, 11) is -2.39. The Balaban J connectivity index is 4.75. The molecule has 1 amide bonds. The summed E-state index contributed by atoms with van der Waals surface area (Å²) < 4.78 is 23.3. The highest BCUT2D eigenvalue weighted by Gasteiger charge is 2.35. The Labute approximate surface area is 95.0 Å². The minimum absolute atomic E-state index is 0.213. The number of nitrogens with one attached hydrogen (secondary N) is 1. The van der Waals surface area contributed by atoms with Crippen molar-refractivity contribution in [2.75, 3.05) is 12.8 Å². The Morgan fingerprint density at radius 3 is 2.12 bits per heavy atom. The van der Waals surface area contributed by atoms with E-state index in [0.29, 0.717) is 0 Å². The van der Waals surface area contributed by atoms with Gasteiger partial charge in [-0.25, -0.2) is 8.42 Å². The highest BCUT2D eigenvalue weighted by molar-refractivity contribution is 7.92. The topological polar surface area (TPSA) is 101 Å². The average Bonchev–Trinajstić information content (AvgIpc) is 2.12. The molecule has 0 spiro atoms. The van der Waals surface area contributed by atoms with E-state index >= 15 is 0 Å². The van der Waals surface area contributed by atoms with Crippen LogP contribution >= 0.6 is 0 Å². The van der Waals surface area contributed by atoms with E-state index in [4.69, 9.17) is 5.11 Å². The molecule has 0 rings (SSSR count). The molecule has 0 aromatic rings. The fraction of sp³-hybridized carbons (Fsp3) is 0.778. The summed E-state index contributed by atoms with van der Waals surface area (Å²) in [5, 5.41) is 9.66. The van der Waals surface area contributed by atoms with Crippen molar-refractivity contribution in [3.63, 3.8) is 0 Å². The largest absolute Gasteiger partial charge is 0.480 e. The van der Waals surface area contributed by atoms with Crippen LogP contribution in [-0.2, 0) is 19.4 Å². The number of hydrogen-bond donors (Lipinski definition) is 2. The molecule has 0 fully saturated rings. The average molecular weight is 251 g/mol. The molecule has 2 N–H and O–H groups in total. The van der Waals surface area contributed by atoms with Gasteiger partial charge in [0.25, 0.3) is 0 Å². The minimum atomic E-state index is -3.79. The van der Waals surface area contributed by atoms with E-state index in [9.17, 15) is 18.0 Å². The normalized spacial score (nSPS) is 13.5. The lowest BCUT2D eigenvalue weighted by atomic mass is 10.1. The molecule has 1 unspecified atom stereocenters. The Morgan fingerprint density at radius 1 is 1.31 bits per heavy atom. The lowest BCUT2D eigenvalue weighted by Crippen LogP contribution is -2.37. The fourth-order valence-corrected chi connectivity index (χ4v) is 3.20. The second kappa shape index (κ2) is 5.83. The van der Waals surface area contributed by atoms with E-state index in [1.54, 1.807) is 0 Å². The van der Waals surface area contributed by atoms with Gasteiger partial charge in [0.15, 0.2) is 15.1 Å². The van der Waals surface area contributed by atoms with E-state index in [-0.39, 0.29) is 6.42 Å². The monoisotopic (exact) mass is 251 g/mol. The Morgan fingerprint density at radius 2 is 1.81 bits per heavy atom. The van der Waals surface area contributed by atoms with Gasteiger partial charge in [-0.15, -0.1) is 0 Å². The molecule has 0 heterocycles. The third kappa shape index (κ3) is 4.18. The quantitative estimate of drug-likeness (QED) is 0.671. The van der Waals surface area contributed by atoms with Gasteiger partial charge in [-0.05, 0) is 5.92 Å². The van der Waals surface area contributed by atoms with Gasteiger partial charge in [0, 0.05) is 13.5 Å².